The quantitative estimate of drug-likeness (QED) is 0.104. The highest BCUT2D eigenvalue weighted by atomic mass is 28.3. The highest BCUT2D eigenvalue weighted by Crippen LogP contribution is 2.33. The van der Waals surface area contributed by atoms with Crippen molar-refractivity contribution in [3.05, 3.63) is 120 Å². The van der Waals surface area contributed by atoms with E-state index < -0.39 is 44.5 Å². The molecule has 9 heteroatoms. The molecule has 8 nitrogen and oxygen atoms in total. The molecule has 240 valence electrons. The Kier molecular flexibility index (Phi) is 13.4. The van der Waals surface area contributed by atoms with Crippen LogP contribution >= 0.6 is 0 Å². The summed E-state index contributed by atoms with van der Waals surface area (Å²) in [5.74, 6) is -2.01. The average Bonchev–Trinajstić information content (AvgIpc) is 3.00. The Morgan fingerprint density at radius 1 is 0.822 bits per heavy atom. The number of aliphatic carboxylic acids is 1. The third-order valence-electron chi connectivity index (χ3n) is 7.36. The molecule has 0 aromatic heterocycles. The van der Waals surface area contributed by atoms with Crippen molar-refractivity contribution in [1.29, 1.82) is 0 Å². The summed E-state index contributed by atoms with van der Waals surface area (Å²) in [6.45, 7) is 9.94. The number of rotatable bonds is 15. The monoisotopic (exact) mass is 630 g/mol. The van der Waals surface area contributed by atoms with E-state index in [4.69, 9.17) is 9.16 Å². The minimum absolute atomic E-state index is 0.0695. The van der Waals surface area contributed by atoms with Crippen molar-refractivity contribution in [2.75, 3.05) is 0 Å². The van der Waals surface area contributed by atoms with Crippen LogP contribution in [0.3, 0.4) is 0 Å². The number of carbonyl (C=O) groups is 3. The van der Waals surface area contributed by atoms with Gasteiger partial charge in [-0.2, -0.15) is 0 Å². The zero-order chi connectivity index (χ0) is 32.8. The summed E-state index contributed by atoms with van der Waals surface area (Å²) >= 11 is 0. The van der Waals surface area contributed by atoms with E-state index >= 15 is 0 Å². The van der Waals surface area contributed by atoms with Gasteiger partial charge in [-0.05, 0) is 54.1 Å². The van der Waals surface area contributed by atoms with Gasteiger partial charge in [-0.15, -0.1) is 0 Å². The van der Waals surface area contributed by atoms with Crippen molar-refractivity contribution in [2.24, 2.45) is 11.3 Å². The maximum absolute atomic E-state index is 14.1. The van der Waals surface area contributed by atoms with Crippen LogP contribution in [-0.4, -0.2) is 44.2 Å². The van der Waals surface area contributed by atoms with Crippen LogP contribution in [0.1, 0.15) is 43.9 Å². The Balaban J connectivity index is 1.92. The molecule has 0 saturated carbocycles. The molecule has 3 atom stereocenters. The first kappa shape index (κ1) is 35.1. The van der Waals surface area contributed by atoms with Gasteiger partial charge in [0.25, 0.3) is 0 Å². The molecule has 0 fully saturated rings. The molecule has 3 N–H and O–H groups in total. The van der Waals surface area contributed by atoms with E-state index in [2.05, 4.69) is 10.6 Å². The second-order valence-corrected chi connectivity index (χ2v) is 14.8. The van der Waals surface area contributed by atoms with Crippen molar-refractivity contribution in [1.82, 2.24) is 10.6 Å². The Hall–Kier alpha value is -4.37. The van der Waals surface area contributed by atoms with E-state index in [9.17, 15) is 19.5 Å². The van der Waals surface area contributed by atoms with Crippen LogP contribution in [-0.2, 0) is 38.2 Å². The summed E-state index contributed by atoms with van der Waals surface area (Å²) in [6, 6.07) is 27.3. The van der Waals surface area contributed by atoms with E-state index in [1.165, 1.54) is 0 Å². The van der Waals surface area contributed by atoms with Crippen LogP contribution in [0.25, 0.3) is 0 Å². The number of ether oxygens (including phenoxy) is 1. The van der Waals surface area contributed by atoms with Gasteiger partial charge in [-0.3, -0.25) is 4.79 Å². The van der Waals surface area contributed by atoms with E-state index in [-0.39, 0.29) is 24.7 Å². The first-order valence-electron chi connectivity index (χ1n) is 15.4. The molecule has 0 aliphatic rings. The van der Waals surface area contributed by atoms with Gasteiger partial charge in [0, 0.05) is 18.4 Å². The highest BCUT2D eigenvalue weighted by Gasteiger charge is 2.35. The fraction of sp³-hybridized carbons (Fsp3) is 0.361. The van der Waals surface area contributed by atoms with Crippen molar-refractivity contribution in [3.63, 3.8) is 0 Å². The minimum Gasteiger partial charge on any atom is -0.542 e. The predicted molar refractivity (Wildman–Crippen MR) is 179 cm³/mol. The Bertz CT molecular complexity index is 1390. The summed E-state index contributed by atoms with van der Waals surface area (Å²) < 4.78 is 11.3. The molecular weight excluding hydrogens is 584 g/mol. The SMILES string of the molecule is C[SiH](C)OC(=C[C@H]([C@H](CCc1ccccc1)NC(=O)[C@H](Cc1ccccc1)NC(=O)OCc1ccccc1)C(C)(C)C)C(=O)O. The number of hydrogen-bond donors (Lipinski definition) is 3. The lowest BCUT2D eigenvalue weighted by Crippen LogP contribution is -2.53. The standard InChI is InChI=1S/C36H46N2O6Si/c1-36(2,3)29(24-32(34(40)41)44-45(4)5)30(22-21-26-15-9-6-10-16-26)37-33(39)31(23-27-17-11-7-12-18-27)38-35(42)43-25-28-19-13-8-14-20-28/h6-20,24,29-31,45H,21-23,25H2,1-5H3,(H,37,39)(H,38,42)(H,40,41)/t29-,30+,31+/m1/s1. The third kappa shape index (κ3) is 12.3. The van der Waals surface area contributed by atoms with Gasteiger partial charge in [-0.25, -0.2) is 9.59 Å². The number of carbonyl (C=O) groups excluding carboxylic acids is 2. The number of carboxylic acids is 1. The van der Waals surface area contributed by atoms with Crippen molar-refractivity contribution in [3.8, 4) is 0 Å². The molecule has 0 aliphatic heterocycles. The molecule has 0 bridgehead atoms. The fourth-order valence-corrected chi connectivity index (χ4v) is 5.79. The largest absolute Gasteiger partial charge is 0.542 e. The summed E-state index contributed by atoms with van der Waals surface area (Å²) in [4.78, 5) is 39.2. The Morgan fingerprint density at radius 3 is 1.87 bits per heavy atom. The van der Waals surface area contributed by atoms with Crippen molar-refractivity contribution >= 4 is 27.0 Å². The number of carboxylic acid groups (broad SMARTS) is 1. The normalized spacial score (nSPS) is 13.8. The average molecular weight is 631 g/mol. The maximum atomic E-state index is 14.1. The summed E-state index contributed by atoms with van der Waals surface area (Å²) in [6.07, 6.45) is 2.39. The van der Waals surface area contributed by atoms with Crippen molar-refractivity contribution in [2.45, 2.75) is 71.8 Å². The highest BCUT2D eigenvalue weighted by molar-refractivity contribution is 6.49. The molecular formula is C36H46N2O6Si. The molecule has 2 amide bonds. The minimum atomic E-state index is -1.72. The molecule has 0 spiro atoms. The summed E-state index contributed by atoms with van der Waals surface area (Å²) in [5.41, 5.74) is 2.37. The smallest absolute Gasteiger partial charge is 0.408 e. The van der Waals surface area contributed by atoms with Gasteiger partial charge >= 0.3 is 12.1 Å². The summed E-state index contributed by atoms with van der Waals surface area (Å²) in [7, 11) is -1.72. The molecule has 3 aromatic carbocycles. The zero-order valence-electron chi connectivity index (χ0n) is 26.9. The number of nitrogens with one attached hydrogen (secondary N) is 2. The topological polar surface area (TPSA) is 114 Å². The van der Waals surface area contributed by atoms with E-state index in [1.54, 1.807) is 6.08 Å². The molecule has 0 saturated heterocycles. The Labute approximate surface area is 268 Å². The lowest BCUT2D eigenvalue weighted by molar-refractivity contribution is -0.135. The predicted octanol–water partition coefficient (Wildman–Crippen LogP) is 6.27. The molecule has 3 aromatic rings. The van der Waals surface area contributed by atoms with E-state index in [0.29, 0.717) is 12.8 Å². The fourth-order valence-electron chi connectivity index (χ4n) is 5.11. The lowest BCUT2D eigenvalue weighted by atomic mass is 9.74. The first-order chi connectivity index (χ1) is 21.4. The molecule has 45 heavy (non-hydrogen) atoms. The second-order valence-electron chi connectivity index (χ2n) is 12.5. The first-order valence-corrected chi connectivity index (χ1v) is 18.2. The van der Waals surface area contributed by atoms with E-state index in [0.717, 1.165) is 16.7 Å². The van der Waals surface area contributed by atoms with Crippen LogP contribution in [0.5, 0.6) is 0 Å². The van der Waals surface area contributed by atoms with Gasteiger partial charge in [-0.1, -0.05) is 112 Å². The third-order valence-corrected chi connectivity index (χ3v) is 8.08. The molecule has 3 rings (SSSR count). The maximum Gasteiger partial charge on any atom is 0.408 e. The zero-order valence-corrected chi connectivity index (χ0v) is 28.0. The molecule has 0 aliphatic carbocycles. The van der Waals surface area contributed by atoms with Crippen LogP contribution in [0, 0.1) is 11.3 Å². The van der Waals surface area contributed by atoms with Gasteiger partial charge in [0.2, 0.25) is 14.9 Å². The number of alkyl carbamates (subject to hydrolysis) is 1. The van der Waals surface area contributed by atoms with Crippen LogP contribution in [0.2, 0.25) is 13.1 Å². The van der Waals surface area contributed by atoms with Gasteiger partial charge < -0.3 is 24.9 Å². The van der Waals surface area contributed by atoms with Crippen LogP contribution in [0.15, 0.2) is 103 Å². The lowest BCUT2D eigenvalue weighted by Gasteiger charge is -2.37. The Morgan fingerprint density at radius 2 is 1.36 bits per heavy atom. The van der Waals surface area contributed by atoms with Crippen LogP contribution < -0.4 is 10.6 Å². The van der Waals surface area contributed by atoms with Gasteiger partial charge in [0.15, 0.2) is 5.76 Å². The second kappa shape index (κ2) is 17.2. The molecule has 0 unspecified atom stereocenters. The van der Waals surface area contributed by atoms with E-state index in [1.807, 2.05) is 125 Å². The number of amides is 2. The number of benzene rings is 3. The van der Waals surface area contributed by atoms with Gasteiger partial charge in [0.1, 0.15) is 12.6 Å². The molecule has 0 radical (unpaired) electrons. The number of hydrogen-bond acceptors (Lipinski definition) is 5. The molecule has 0 heterocycles. The van der Waals surface area contributed by atoms with Gasteiger partial charge in [0.05, 0.1) is 0 Å². The number of aryl methyl sites for hydroxylation is 1. The summed E-state index contributed by atoms with van der Waals surface area (Å²) in [5, 5.41) is 15.9. The van der Waals surface area contributed by atoms with Crippen molar-refractivity contribution < 1.29 is 28.7 Å². The van der Waals surface area contributed by atoms with Crippen LogP contribution in [0.4, 0.5) is 4.79 Å².